The number of likely N-dealkylation sites (N-methyl/N-ethyl adjacent to an activating group) is 1. The van der Waals surface area contributed by atoms with Crippen LogP contribution in [-0.2, 0) is 9.54 Å². The number of carbonyl (C=O) groups is 1. The second-order valence-corrected chi connectivity index (χ2v) is 6.20. The average molecular weight is 313 g/mol. The number of carbonyl (C=O) groups excluding carboxylic acids is 1. The van der Waals surface area contributed by atoms with E-state index in [0.29, 0.717) is 6.54 Å². The number of hydrogen-bond acceptors (Lipinski definition) is 3. The van der Waals surface area contributed by atoms with E-state index in [1.165, 1.54) is 0 Å². The lowest BCUT2D eigenvalue weighted by atomic mass is 9.91. The molecule has 1 atom stereocenters. The van der Waals surface area contributed by atoms with E-state index >= 15 is 0 Å². The maximum Gasteiger partial charge on any atom is 0.252 e. The van der Waals surface area contributed by atoms with Gasteiger partial charge < -0.3 is 9.64 Å². The van der Waals surface area contributed by atoms with Crippen LogP contribution in [0.3, 0.4) is 0 Å². The van der Waals surface area contributed by atoms with Crippen molar-refractivity contribution >= 4 is 23.4 Å². The summed E-state index contributed by atoms with van der Waals surface area (Å²) >= 11 is 1.58. The van der Waals surface area contributed by atoms with E-state index in [1.807, 2.05) is 66.6 Å². The fraction of sp³-hybridized carbons (Fsp3) is 0.278. The third-order valence-electron chi connectivity index (χ3n) is 4.22. The van der Waals surface area contributed by atoms with Crippen molar-refractivity contribution in [3.8, 4) is 5.75 Å². The van der Waals surface area contributed by atoms with E-state index in [1.54, 1.807) is 18.9 Å². The summed E-state index contributed by atoms with van der Waals surface area (Å²) in [6.45, 7) is 2.67. The molecule has 1 heterocycles. The van der Waals surface area contributed by atoms with E-state index in [-0.39, 0.29) is 5.91 Å². The van der Waals surface area contributed by atoms with Crippen LogP contribution in [0.15, 0.2) is 48.5 Å². The van der Waals surface area contributed by atoms with E-state index < -0.39 is 4.75 Å². The lowest BCUT2D eigenvalue weighted by molar-refractivity contribution is -0.119. The predicted octanol–water partition coefficient (Wildman–Crippen LogP) is 3.67. The molecule has 0 radical (unpaired) electrons. The molecule has 0 spiro atoms. The van der Waals surface area contributed by atoms with Crippen LogP contribution >= 0.6 is 11.8 Å². The fourth-order valence-corrected chi connectivity index (χ4v) is 4.20. The number of ether oxygens (including phenoxy) is 1. The van der Waals surface area contributed by atoms with Crippen LogP contribution < -0.4 is 9.64 Å². The largest absolute Gasteiger partial charge is 0.497 e. The number of nitrogens with zero attached hydrogens (tertiary/aromatic N) is 1. The summed E-state index contributed by atoms with van der Waals surface area (Å²) in [6.07, 6.45) is 1.99. The van der Waals surface area contributed by atoms with E-state index in [2.05, 4.69) is 0 Å². The summed E-state index contributed by atoms with van der Waals surface area (Å²) in [5.74, 6) is 0.899. The van der Waals surface area contributed by atoms with Crippen molar-refractivity contribution in [3.05, 3.63) is 59.7 Å². The molecule has 2 aromatic carbocycles. The van der Waals surface area contributed by atoms with Gasteiger partial charge in [-0.25, -0.2) is 0 Å². The van der Waals surface area contributed by atoms with Gasteiger partial charge in [0.1, 0.15) is 10.5 Å². The number of benzene rings is 2. The van der Waals surface area contributed by atoms with Crippen LogP contribution in [0.4, 0.5) is 5.69 Å². The maximum atomic E-state index is 13.2. The monoisotopic (exact) mass is 313 g/mol. The van der Waals surface area contributed by atoms with Gasteiger partial charge in [-0.2, -0.15) is 0 Å². The summed E-state index contributed by atoms with van der Waals surface area (Å²) < 4.78 is 4.68. The first-order chi connectivity index (χ1) is 10.7. The van der Waals surface area contributed by atoms with Crippen LogP contribution in [-0.4, -0.2) is 25.8 Å². The molecule has 3 nitrogen and oxygen atoms in total. The van der Waals surface area contributed by atoms with Gasteiger partial charge in [-0.05, 0) is 36.9 Å². The quantitative estimate of drug-likeness (QED) is 0.862. The molecule has 1 unspecified atom stereocenters. The van der Waals surface area contributed by atoms with E-state index in [9.17, 15) is 4.79 Å². The van der Waals surface area contributed by atoms with Crippen molar-refractivity contribution in [3.63, 3.8) is 0 Å². The lowest BCUT2D eigenvalue weighted by Gasteiger charge is -2.27. The topological polar surface area (TPSA) is 29.5 Å². The number of fused-ring (bicyclic) bond motifs is 1. The highest BCUT2D eigenvalue weighted by Gasteiger charge is 2.51. The first kappa shape index (κ1) is 15.0. The van der Waals surface area contributed by atoms with Gasteiger partial charge in [-0.1, -0.05) is 30.3 Å². The minimum atomic E-state index is -0.693. The molecule has 0 aliphatic carbocycles. The van der Waals surface area contributed by atoms with Crippen molar-refractivity contribution in [2.45, 2.75) is 11.7 Å². The molecule has 22 heavy (non-hydrogen) atoms. The standard InChI is InChI=1S/C18H19NO2S/c1-4-19-16-11-10-14(21-2)12-15(16)18(22-3,17(19)20)13-8-6-5-7-9-13/h5-12H,4H2,1-3H3. The second-order valence-electron chi connectivity index (χ2n) is 5.18. The molecule has 1 aliphatic rings. The summed E-state index contributed by atoms with van der Waals surface area (Å²) in [4.78, 5) is 15.1. The zero-order chi connectivity index (χ0) is 15.7. The molecule has 1 amide bonds. The van der Waals surface area contributed by atoms with Crippen molar-refractivity contribution in [1.29, 1.82) is 0 Å². The smallest absolute Gasteiger partial charge is 0.252 e. The van der Waals surface area contributed by atoms with Crippen molar-refractivity contribution in [1.82, 2.24) is 0 Å². The summed E-state index contributed by atoms with van der Waals surface area (Å²) in [5, 5.41) is 0. The molecule has 0 bridgehead atoms. The van der Waals surface area contributed by atoms with Gasteiger partial charge in [-0.15, -0.1) is 11.8 Å². The van der Waals surface area contributed by atoms with Crippen LogP contribution in [0.2, 0.25) is 0 Å². The highest BCUT2D eigenvalue weighted by atomic mass is 32.2. The number of amides is 1. The normalized spacial score (nSPS) is 20.1. The number of anilines is 1. The van der Waals surface area contributed by atoms with Crippen LogP contribution in [0.25, 0.3) is 0 Å². The van der Waals surface area contributed by atoms with Gasteiger partial charge in [0.25, 0.3) is 5.91 Å². The first-order valence-corrected chi connectivity index (χ1v) is 8.52. The highest BCUT2D eigenvalue weighted by molar-refractivity contribution is 8.00. The summed E-state index contributed by atoms with van der Waals surface area (Å²) in [5.41, 5.74) is 3.00. The molecule has 0 saturated heterocycles. The Bertz CT molecular complexity index is 701. The van der Waals surface area contributed by atoms with E-state index in [0.717, 1.165) is 22.6 Å². The Morgan fingerprint density at radius 1 is 1.18 bits per heavy atom. The Kier molecular flexibility index (Phi) is 3.87. The first-order valence-electron chi connectivity index (χ1n) is 7.30. The van der Waals surface area contributed by atoms with Gasteiger partial charge >= 0.3 is 0 Å². The number of hydrogen-bond donors (Lipinski definition) is 0. The lowest BCUT2D eigenvalue weighted by Crippen LogP contribution is -2.38. The number of thioether (sulfide) groups is 1. The predicted molar refractivity (Wildman–Crippen MR) is 91.8 cm³/mol. The fourth-order valence-electron chi connectivity index (χ4n) is 3.16. The molecule has 0 N–H and O–H groups in total. The molecule has 0 saturated carbocycles. The SMILES string of the molecule is CCN1C(=O)C(SC)(c2ccccc2)c2cc(OC)ccc21. The van der Waals surface area contributed by atoms with Crippen molar-refractivity contribution in [2.75, 3.05) is 24.8 Å². The minimum Gasteiger partial charge on any atom is -0.497 e. The third-order valence-corrected chi connectivity index (χ3v) is 5.47. The molecule has 3 rings (SSSR count). The molecule has 1 aliphatic heterocycles. The number of rotatable bonds is 4. The third kappa shape index (κ3) is 1.94. The molecule has 114 valence electrons. The van der Waals surface area contributed by atoms with E-state index in [4.69, 9.17) is 4.74 Å². The summed E-state index contributed by atoms with van der Waals surface area (Å²) in [6, 6.07) is 15.9. The summed E-state index contributed by atoms with van der Waals surface area (Å²) in [7, 11) is 1.65. The zero-order valence-electron chi connectivity index (χ0n) is 13.0. The second kappa shape index (κ2) is 5.69. The zero-order valence-corrected chi connectivity index (χ0v) is 13.8. The Morgan fingerprint density at radius 2 is 1.91 bits per heavy atom. The van der Waals surface area contributed by atoms with Crippen molar-refractivity contribution in [2.24, 2.45) is 0 Å². The van der Waals surface area contributed by atoms with Gasteiger partial charge in [0.15, 0.2) is 0 Å². The van der Waals surface area contributed by atoms with Gasteiger partial charge in [0, 0.05) is 17.8 Å². The Labute approximate surface area is 135 Å². The Hall–Kier alpha value is -1.94. The van der Waals surface area contributed by atoms with Gasteiger partial charge in [0.05, 0.1) is 7.11 Å². The average Bonchev–Trinajstić information content (AvgIpc) is 2.82. The molecule has 0 aromatic heterocycles. The van der Waals surface area contributed by atoms with Crippen molar-refractivity contribution < 1.29 is 9.53 Å². The Balaban J connectivity index is 2.30. The molecular formula is C18H19NO2S. The minimum absolute atomic E-state index is 0.122. The van der Waals surface area contributed by atoms with Gasteiger partial charge in [0.2, 0.25) is 0 Å². The molecular weight excluding hydrogens is 294 g/mol. The van der Waals surface area contributed by atoms with Crippen LogP contribution in [0, 0.1) is 0 Å². The highest BCUT2D eigenvalue weighted by Crippen LogP contribution is 2.52. The van der Waals surface area contributed by atoms with Crippen LogP contribution in [0.1, 0.15) is 18.1 Å². The molecule has 2 aromatic rings. The Morgan fingerprint density at radius 3 is 2.50 bits per heavy atom. The van der Waals surface area contributed by atoms with Crippen LogP contribution in [0.5, 0.6) is 5.75 Å². The molecule has 4 heteroatoms. The number of methoxy groups -OCH3 is 1. The van der Waals surface area contributed by atoms with Gasteiger partial charge in [-0.3, -0.25) is 4.79 Å². The maximum absolute atomic E-state index is 13.2. The molecule has 0 fully saturated rings.